The van der Waals surface area contributed by atoms with Gasteiger partial charge in [0, 0.05) is 82.9 Å². The molecule has 5 radical (unpaired) electrons. The molecule has 0 rings (SSSR count). The van der Waals surface area contributed by atoms with Crippen molar-refractivity contribution in [2.24, 2.45) is 0 Å². The van der Waals surface area contributed by atoms with Crippen LogP contribution in [-0.2, 0) is 56.7 Å². The third-order valence-corrected chi connectivity index (χ3v) is 0. The molecule has 0 nitrogen and oxygen atoms in total. The van der Waals surface area contributed by atoms with E-state index in [2.05, 4.69) is 0 Å². The summed E-state index contributed by atoms with van der Waals surface area (Å²) in [7, 11) is 0. The number of rotatable bonds is 0. The average Bonchev–Trinajstić information content (AvgIpc) is 0. The normalized spacial score (nSPS) is 0. The Morgan fingerprint density at radius 2 is 1.00 bits per heavy atom. The molecular weight excluding hydrogens is 411 g/mol. The minimum atomic E-state index is 0. The van der Waals surface area contributed by atoms with Crippen molar-refractivity contribution < 1.29 is 56.7 Å². The second-order valence-electron chi connectivity index (χ2n) is 0. The second kappa shape index (κ2) is 17.3. The smallest absolute Gasteiger partial charge is 0 e. The summed E-state index contributed by atoms with van der Waals surface area (Å²) in [6.07, 6.45) is 0. The summed E-state index contributed by atoms with van der Waals surface area (Å²) >= 11 is 0. The van der Waals surface area contributed by atoms with Crippen molar-refractivity contribution in [1.29, 1.82) is 0 Å². The minimum Gasteiger partial charge on any atom is 0 e. The van der Waals surface area contributed by atoms with Crippen LogP contribution in [0.5, 0.6) is 0 Å². The summed E-state index contributed by atoms with van der Waals surface area (Å²) in [5.41, 5.74) is 0. The molecule has 0 spiro atoms. The van der Waals surface area contributed by atoms with Crippen molar-refractivity contribution in [3.8, 4) is 0 Å². The Morgan fingerprint density at radius 3 is 1.00 bits per heavy atom. The van der Waals surface area contributed by atoms with E-state index in [0.717, 1.165) is 0 Å². The summed E-state index contributed by atoms with van der Waals surface area (Å²) in [6.45, 7) is 0. The summed E-state index contributed by atoms with van der Waals surface area (Å²) in [5, 5.41) is 0. The Kier molecular flexibility index (Phi) is 130. The zero-order valence-electron chi connectivity index (χ0n) is 1.68. The Labute approximate surface area is 81.6 Å². The third-order valence-electron chi connectivity index (χ3n) is 0. The van der Waals surface area contributed by atoms with Crippen LogP contribution in [0, 0.1) is 0 Å². The second-order valence-corrected chi connectivity index (χ2v) is 0. The van der Waals surface area contributed by atoms with Gasteiger partial charge in [-0.05, 0) is 0 Å². The van der Waals surface area contributed by atoms with Crippen molar-refractivity contribution in [3.63, 3.8) is 0 Å². The largest absolute Gasteiger partial charge is 0 e. The van der Waals surface area contributed by atoms with Crippen LogP contribution in [0.15, 0.2) is 0 Å². The van der Waals surface area contributed by atoms with E-state index in [1.165, 1.54) is 0 Å². The quantitative estimate of drug-likeness (QED) is 0.477. The molecule has 0 saturated carbocycles. The Balaban J connectivity index is 0. The van der Waals surface area contributed by atoms with Gasteiger partial charge >= 0.3 is 0 Å². The molecule has 4 heteroatoms. The average molecular weight is 411 g/mol. The van der Waals surface area contributed by atoms with Crippen LogP contribution in [0.2, 0.25) is 0 Å². The Hall–Kier alpha value is 2.68. The van der Waals surface area contributed by atoms with Crippen LogP contribution in [-0.4, -0.2) is 26.2 Å². The first-order valence-electron chi connectivity index (χ1n) is 0. The molecule has 0 heterocycles. The topological polar surface area (TPSA) is 0 Å². The van der Waals surface area contributed by atoms with E-state index >= 15 is 0 Å². The molecule has 0 aromatic rings. The molecule has 0 aliphatic heterocycles. The van der Waals surface area contributed by atoms with E-state index in [1.807, 2.05) is 0 Å². The van der Waals surface area contributed by atoms with E-state index in [9.17, 15) is 0 Å². The SMILES string of the molecule is [Bi].[Mn].[Mo].[V]. The van der Waals surface area contributed by atoms with Gasteiger partial charge in [0.05, 0.1) is 0 Å². The summed E-state index contributed by atoms with van der Waals surface area (Å²) in [6, 6.07) is 0. The van der Waals surface area contributed by atoms with Crippen molar-refractivity contribution in [1.82, 2.24) is 0 Å². The van der Waals surface area contributed by atoms with Crippen LogP contribution < -0.4 is 0 Å². The van der Waals surface area contributed by atoms with Crippen molar-refractivity contribution in [2.75, 3.05) is 0 Å². The molecule has 0 bridgehead atoms. The fourth-order valence-electron chi connectivity index (χ4n) is 0. The minimum absolute atomic E-state index is 0. The predicted molar refractivity (Wildman–Crippen MR) is 5.75 cm³/mol. The summed E-state index contributed by atoms with van der Waals surface area (Å²) in [5.74, 6) is 0. The zero-order valence-corrected chi connectivity index (χ0v) is 9.74. The standard InChI is InChI=1S/Bi.Mn.Mo.V. The summed E-state index contributed by atoms with van der Waals surface area (Å²) in [4.78, 5) is 0. The van der Waals surface area contributed by atoms with E-state index in [1.54, 1.807) is 0 Å². The predicted octanol–water partition coefficient (Wildman–Crippen LogP) is -0.388. The zero-order chi connectivity index (χ0) is 0. The van der Waals surface area contributed by atoms with Crippen molar-refractivity contribution in [3.05, 3.63) is 0 Å². The number of hydrogen-bond acceptors (Lipinski definition) is 0. The molecule has 0 aromatic carbocycles. The molecular formula is BiMnMoV. The van der Waals surface area contributed by atoms with Crippen LogP contribution >= 0.6 is 0 Å². The molecule has 0 amide bonds. The third kappa shape index (κ3) is 8.82. The van der Waals surface area contributed by atoms with Gasteiger partial charge in [-0.25, -0.2) is 0 Å². The van der Waals surface area contributed by atoms with Crippen LogP contribution in [0.3, 0.4) is 0 Å². The molecule has 0 saturated heterocycles. The molecule has 0 fully saturated rings. The van der Waals surface area contributed by atoms with Gasteiger partial charge in [0.1, 0.15) is 0 Å². The fraction of sp³-hybridized carbons (Fsp3) is 0. The molecule has 0 aromatic heterocycles. The summed E-state index contributed by atoms with van der Waals surface area (Å²) < 4.78 is 0. The van der Waals surface area contributed by atoms with E-state index in [4.69, 9.17) is 0 Å². The van der Waals surface area contributed by atoms with Crippen molar-refractivity contribution in [2.45, 2.75) is 0 Å². The molecule has 23 valence electrons. The van der Waals surface area contributed by atoms with Gasteiger partial charge in [0.2, 0.25) is 0 Å². The first kappa shape index (κ1) is 30.0. The molecule has 0 unspecified atom stereocenters. The van der Waals surface area contributed by atoms with Gasteiger partial charge in [0.15, 0.2) is 0 Å². The molecule has 0 aliphatic rings. The van der Waals surface area contributed by atoms with E-state index in [0.29, 0.717) is 0 Å². The Morgan fingerprint density at radius 1 is 1.00 bits per heavy atom. The van der Waals surface area contributed by atoms with Gasteiger partial charge < -0.3 is 0 Å². The first-order valence-corrected chi connectivity index (χ1v) is 0. The van der Waals surface area contributed by atoms with Gasteiger partial charge in [-0.3, -0.25) is 0 Å². The number of hydrogen-bond donors (Lipinski definition) is 0. The van der Waals surface area contributed by atoms with E-state index < -0.39 is 0 Å². The Bertz CT molecular complexity index is 8.00. The maximum Gasteiger partial charge on any atom is 0 e. The van der Waals surface area contributed by atoms with Gasteiger partial charge in [-0.2, -0.15) is 0 Å². The molecule has 0 aliphatic carbocycles. The molecule has 0 atom stereocenters. The van der Waals surface area contributed by atoms with Gasteiger partial charge in [0.25, 0.3) is 0 Å². The molecule has 4 heavy (non-hydrogen) atoms. The van der Waals surface area contributed by atoms with Crippen LogP contribution in [0.4, 0.5) is 0 Å². The van der Waals surface area contributed by atoms with Crippen LogP contribution in [0.25, 0.3) is 0 Å². The van der Waals surface area contributed by atoms with Gasteiger partial charge in [-0.15, -0.1) is 0 Å². The van der Waals surface area contributed by atoms with Gasteiger partial charge in [-0.1, -0.05) is 0 Å². The van der Waals surface area contributed by atoms with E-state index in [-0.39, 0.29) is 82.9 Å². The maximum absolute atomic E-state index is 0. The first-order chi connectivity index (χ1) is 0. The van der Waals surface area contributed by atoms with Crippen molar-refractivity contribution >= 4 is 26.2 Å². The molecule has 0 N–H and O–H groups in total. The van der Waals surface area contributed by atoms with Crippen LogP contribution in [0.1, 0.15) is 0 Å². The monoisotopic (exact) mass is 413 g/mol. The fourth-order valence-corrected chi connectivity index (χ4v) is 0. The maximum atomic E-state index is 0.